The Balaban J connectivity index is 2.13. The highest BCUT2D eigenvalue weighted by molar-refractivity contribution is 5.02. The van der Waals surface area contributed by atoms with Gasteiger partial charge in [-0.1, -0.05) is 0 Å². The zero-order valence-electron chi connectivity index (χ0n) is 12.0. The summed E-state index contributed by atoms with van der Waals surface area (Å²) in [5.41, 5.74) is 5.65. The van der Waals surface area contributed by atoms with Gasteiger partial charge in [0.25, 0.3) is 0 Å². The van der Waals surface area contributed by atoms with Gasteiger partial charge in [0.15, 0.2) is 6.29 Å². The van der Waals surface area contributed by atoms with Crippen molar-refractivity contribution in [2.75, 3.05) is 6.61 Å². The van der Waals surface area contributed by atoms with Crippen molar-refractivity contribution in [2.45, 2.75) is 67.3 Å². The molecule has 11 nitrogen and oxygen atoms in total. The maximum absolute atomic E-state index is 9.93. The van der Waals surface area contributed by atoms with E-state index in [-0.39, 0.29) is 0 Å². The van der Waals surface area contributed by atoms with Crippen molar-refractivity contribution in [3.63, 3.8) is 0 Å². The summed E-state index contributed by atoms with van der Waals surface area (Å²) in [7, 11) is 0. The van der Waals surface area contributed by atoms with Crippen LogP contribution in [0.1, 0.15) is 0 Å². The molecule has 11 atom stereocenters. The van der Waals surface area contributed by atoms with E-state index in [4.69, 9.17) is 20.3 Å². The SMILES string of the molecule is N[C@H]1[C@H](O)[C@H](O)[C@@H](O)[C@@H](O)[C@@H]1O[C@@H]1O[C@H](CO)[C@H](O)[C@H](O)[C@H]1O. The van der Waals surface area contributed by atoms with E-state index in [0.29, 0.717) is 0 Å². The van der Waals surface area contributed by atoms with Gasteiger partial charge in [0.1, 0.15) is 54.9 Å². The lowest BCUT2D eigenvalue weighted by Crippen LogP contribution is -2.69. The largest absolute Gasteiger partial charge is 0.394 e. The monoisotopic (exact) mass is 341 g/mol. The number of aliphatic hydroxyl groups is 8. The highest BCUT2D eigenvalue weighted by atomic mass is 16.7. The van der Waals surface area contributed by atoms with Gasteiger partial charge in [-0.25, -0.2) is 0 Å². The van der Waals surface area contributed by atoms with E-state index < -0.39 is 73.9 Å². The quantitative estimate of drug-likeness (QED) is 0.236. The summed E-state index contributed by atoms with van der Waals surface area (Å²) in [6, 6.07) is -1.32. The molecule has 0 aromatic rings. The number of hydrogen-bond acceptors (Lipinski definition) is 11. The standard InChI is InChI=1S/C12H23NO10/c13-3-5(16)7(18)8(19)9(20)11(3)23-12-10(21)6(17)4(15)2(1-14)22-12/h2-12,14-21H,1,13H2/t2-,3+,4+,5+,6+,7+,8-,9-,10-,11-,12+/m1/s1. The Hall–Kier alpha value is -0.440. The molecule has 2 aliphatic rings. The van der Waals surface area contributed by atoms with Gasteiger partial charge >= 0.3 is 0 Å². The third-order valence-electron chi connectivity index (χ3n) is 4.30. The van der Waals surface area contributed by atoms with Crippen LogP contribution in [0.3, 0.4) is 0 Å². The van der Waals surface area contributed by atoms with Gasteiger partial charge in [-0.2, -0.15) is 0 Å². The number of hydrogen-bond donors (Lipinski definition) is 9. The average Bonchev–Trinajstić information content (AvgIpc) is 2.54. The van der Waals surface area contributed by atoms with Crippen molar-refractivity contribution < 1.29 is 50.3 Å². The van der Waals surface area contributed by atoms with Gasteiger partial charge in [0, 0.05) is 0 Å². The van der Waals surface area contributed by atoms with Crippen molar-refractivity contribution >= 4 is 0 Å². The van der Waals surface area contributed by atoms with Crippen molar-refractivity contribution in [1.29, 1.82) is 0 Å². The molecule has 1 aliphatic heterocycles. The Kier molecular flexibility index (Phi) is 5.92. The van der Waals surface area contributed by atoms with E-state index in [1.807, 2.05) is 0 Å². The molecule has 1 aliphatic carbocycles. The third kappa shape index (κ3) is 3.36. The van der Waals surface area contributed by atoms with Crippen molar-refractivity contribution in [3.05, 3.63) is 0 Å². The van der Waals surface area contributed by atoms with Crippen molar-refractivity contribution in [1.82, 2.24) is 0 Å². The van der Waals surface area contributed by atoms with Crippen molar-refractivity contribution in [2.24, 2.45) is 5.73 Å². The second kappa shape index (κ2) is 7.21. The van der Waals surface area contributed by atoms with Gasteiger partial charge in [-0.05, 0) is 0 Å². The van der Waals surface area contributed by atoms with Crippen LogP contribution in [-0.4, -0.2) is 115 Å². The average molecular weight is 341 g/mol. The maximum atomic E-state index is 9.93. The van der Waals surface area contributed by atoms with E-state index in [2.05, 4.69) is 0 Å². The van der Waals surface area contributed by atoms with Crippen LogP contribution >= 0.6 is 0 Å². The zero-order valence-corrected chi connectivity index (χ0v) is 12.0. The van der Waals surface area contributed by atoms with Gasteiger partial charge in [-0.15, -0.1) is 0 Å². The summed E-state index contributed by atoms with van der Waals surface area (Å²) >= 11 is 0. The molecular weight excluding hydrogens is 318 g/mol. The minimum atomic E-state index is -1.75. The minimum Gasteiger partial charge on any atom is -0.394 e. The Morgan fingerprint density at radius 1 is 0.739 bits per heavy atom. The number of nitrogens with two attached hydrogens (primary N) is 1. The van der Waals surface area contributed by atoms with Crippen LogP contribution in [0.5, 0.6) is 0 Å². The molecule has 0 radical (unpaired) electrons. The van der Waals surface area contributed by atoms with Crippen LogP contribution in [0.15, 0.2) is 0 Å². The first-order valence-electron chi connectivity index (χ1n) is 7.14. The fourth-order valence-corrected chi connectivity index (χ4v) is 2.75. The highest BCUT2D eigenvalue weighted by Crippen LogP contribution is 2.28. The highest BCUT2D eigenvalue weighted by Gasteiger charge is 2.51. The summed E-state index contributed by atoms with van der Waals surface area (Å²) < 4.78 is 10.4. The van der Waals surface area contributed by atoms with Crippen LogP contribution in [0, 0.1) is 0 Å². The topological polar surface area (TPSA) is 206 Å². The van der Waals surface area contributed by atoms with Crippen molar-refractivity contribution in [3.8, 4) is 0 Å². The molecule has 1 saturated carbocycles. The summed E-state index contributed by atoms with van der Waals surface area (Å²) in [5, 5.41) is 77.2. The van der Waals surface area contributed by atoms with E-state index in [1.165, 1.54) is 0 Å². The lowest BCUT2D eigenvalue weighted by molar-refractivity contribution is -0.329. The second-order valence-corrected chi connectivity index (χ2v) is 5.84. The molecule has 0 aromatic carbocycles. The van der Waals surface area contributed by atoms with Gasteiger partial charge in [0.05, 0.1) is 12.6 Å². The van der Waals surface area contributed by atoms with Gasteiger partial charge in [-0.3, -0.25) is 0 Å². The summed E-state index contributed by atoms with van der Waals surface area (Å²) in [6.07, 6.45) is -16.0. The second-order valence-electron chi connectivity index (χ2n) is 5.84. The molecule has 10 N–H and O–H groups in total. The fraction of sp³-hybridized carbons (Fsp3) is 1.00. The molecular formula is C12H23NO10. The number of ether oxygens (including phenoxy) is 2. The normalized spacial score (nSPS) is 54.9. The molecule has 2 rings (SSSR count). The van der Waals surface area contributed by atoms with Crippen LogP contribution in [0.25, 0.3) is 0 Å². The smallest absolute Gasteiger partial charge is 0.187 e. The third-order valence-corrected chi connectivity index (χ3v) is 4.30. The summed E-state index contributed by atoms with van der Waals surface area (Å²) in [4.78, 5) is 0. The van der Waals surface area contributed by atoms with Crippen LogP contribution in [-0.2, 0) is 9.47 Å². The Morgan fingerprint density at radius 3 is 1.83 bits per heavy atom. The van der Waals surface area contributed by atoms with Gasteiger partial charge < -0.3 is 56.1 Å². The molecule has 2 fully saturated rings. The molecule has 11 heteroatoms. The molecule has 0 bridgehead atoms. The van der Waals surface area contributed by atoms with Crippen LogP contribution < -0.4 is 5.73 Å². The van der Waals surface area contributed by atoms with E-state index in [0.717, 1.165) is 0 Å². The minimum absolute atomic E-state index is 0.673. The first-order chi connectivity index (χ1) is 10.7. The van der Waals surface area contributed by atoms with E-state index in [9.17, 15) is 35.7 Å². The molecule has 23 heavy (non-hydrogen) atoms. The molecule has 0 unspecified atom stereocenters. The Bertz CT molecular complexity index is 382. The maximum Gasteiger partial charge on any atom is 0.187 e. The lowest BCUT2D eigenvalue weighted by Gasteiger charge is -2.46. The predicted molar refractivity (Wildman–Crippen MR) is 70.6 cm³/mol. The van der Waals surface area contributed by atoms with E-state index in [1.54, 1.807) is 0 Å². The lowest BCUT2D eigenvalue weighted by atomic mass is 9.83. The van der Waals surface area contributed by atoms with Crippen LogP contribution in [0.2, 0.25) is 0 Å². The van der Waals surface area contributed by atoms with Gasteiger partial charge in [0.2, 0.25) is 0 Å². The molecule has 0 aromatic heterocycles. The summed E-state index contributed by atoms with van der Waals surface area (Å²) in [5.74, 6) is 0. The zero-order chi connectivity index (χ0) is 17.5. The Labute approximate surface area is 131 Å². The number of rotatable bonds is 3. The first-order valence-corrected chi connectivity index (χ1v) is 7.14. The molecule has 0 spiro atoms. The summed E-state index contributed by atoms with van der Waals surface area (Å²) in [6.45, 7) is -0.673. The molecule has 1 heterocycles. The first kappa shape index (κ1) is 18.9. The number of aliphatic hydroxyl groups excluding tert-OH is 8. The Morgan fingerprint density at radius 2 is 1.26 bits per heavy atom. The van der Waals surface area contributed by atoms with E-state index >= 15 is 0 Å². The molecule has 1 saturated heterocycles. The predicted octanol–water partition coefficient (Wildman–Crippen LogP) is -6.04. The molecule has 0 amide bonds. The van der Waals surface area contributed by atoms with Crippen LogP contribution in [0.4, 0.5) is 0 Å². The molecule has 136 valence electrons. The fourth-order valence-electron chi connectivity index (χ4n) is 2.75.